The molecule has 0 amide bonds. The molecular weight excluding hydrogens is 1560 g/mol. The Balaban J connectivity index is 0.000000144. The number of halogens is 1. The molecule has 14 heteroatoms. The average molecular weight is 1660 g/mol. The fourth-order valence-corrected chi connectivity index (χ4v) is 23.7. The number of nitrogens with zero attached hydrogens (tertiary/aromatic N) is 1. The van der Waals surface area contributed by atoms with Crippen molar-refractivity contribution in [3.05, 3.63) is 428 Å². The van der Waals surface area contributed by atoms with Gasteiger partial charge in [-0.15, -0.1) is 0 Å². The van der Waals surface area contributed by atoms with Gasteiger partial charge in [0.1, 0.15) is 5.82 Å². The van der Waals surface area contributed by atoms with E-state index in [2.05, 4.69) is 200 Å². The summed E-state index contributed by atoms with van der Waals surface area (Å²) in [7, 11) is -5.52. The lowest BCUT2D eigenvalue weighted by Gasteiger charge is -2.21. The molecule has 0 fully saturated rings. The van der Waals surface area contributed by atoms with Gasteiger partial charge >= 0.3 is 0 Å². The maximum Gasteiger partial charge on any atom is 0.166 e. The molecule has 0 N–H and O–H groups in total. The molecule has 117 heavy (non-hydrogen) atoms. The molecule has 0 aliphatic rings. The minimum absolute atomic E-state index is 0.100. The highest BCUT2D eigenvalue weighted by Gasteiger charge is 2.35. The summed E-state index contributed by atoms with van der Waals surface area (Å²) in [6.07, 6.45) is 1.12. The third kappa shape index (κ3) is 24.1. The van der Waals surface area contributed by atoms with Crippen LogP contribution in [-0.2, 0) is 80.7 Å². The highest BCUT2D eigenvalue weighted by Crippen LogP contribution is 2.43. The number of hydrogen-bond donors (Lipinski definition) is 0. The van der Waals surface area contributed by atoms with E-state index < -0.39 is 48.5 Å². The Morgan fingerprint density at radius 2 is 0.436 bits per heavy atom. The Labute approximate surface area is 706 Å². The highest BCUT2D eigenvalue weighted by atomic mass is 32.2. The summed E-state index contributed by atoms with van der Waals surface area (Å²) >= 11 is 0. The monoisotopic (exact) mass is 1650 g/mol. The number of benzene rings is 15. The molecule has 0 aliphatic heterocycles. The van der Waals surface area contributed by atoms with Crippen LogP contribution in [0.4, 0.5) is 10.1 Å². The minimum atomic E-state index is -3.47. The van der Waals surface area contributed by atoms with Crippen LogP contribution in [0.5, 0.6) is 23.0 Å². The normalized spacial score (nSPS) is 11.7. The molecule has 1 atom stereocenters. The van der Waals surface area contributed by atoms with Gasteiger partial charge in [0.2, 0.25) is 0 Å². The van der Waals surface area contributed by atoms with Crippen LogP contribution in [0.2, 0.25) is 0 Å². The third-order valence-electron chi connectivity index (χ3n) is 18.4. The summed E-state index contributed by atoms with van der Waals surface area (Å²) in [5.74, 6) is -0.446. The molecular formula is C103H96FNO6S6. The number of hydrogen-bond acceptors (Lipinski definition) is 6. The van der Waals surface area contributed by atoms with Crippen molar-refractivity contribution < 1.29 is 33.2 Å². The first kappa shape index (κ1) is 86.8. The van der Waals surface area contributed by atoms with Crippen molar-refractivity contribution in [1.29, 1.82) is 0 Å². The summed E-state index contributed by atoms with van der Waals surface area (Å²) in [5, 5.41) is 49.5. The van der Waals surface area contributed by atoms with E-state index in [4.69, 9.17) is 0 Å². The molecule has 0 aromatic heterocycles. The van der Waals surface area contributed by atoms with Gasteiger partial charge in [0.25, 0.3) is 0 Å². The number of para-hydroxylation sites is 3. The smallest absolute Gasteiger partial charge is 0.166 e. The Morgan fingerprint density at radius 1 is 0.239 bits per heavy atom. The van der Waals surface area contributed by atoms with Gasteiger partial charge in [-0.3, -0.25) is 0 Å². The van der Waals surface area contributed by atoms with E-state index in [-0.39, 0.29) is 61.0 Å². The zero-order chi connectivity index (χ0) is 83.1. The second-order valence-corrected chi connectivity index (χ2v) is 41.9. The molecule has 0 radical (unpaired) electrons. The number of rotatable bonds is 17. The third-order valence-corrected chi connectivity index (χ3v) is 30.3. The van der Waals surface area contributed by atoms with Gasteiger partial charge in [0.15, 0.2) is 73.4 Å². The topological polar surface area (TPSA) is 140 Å². The molecule has 15 rings (SSSR count). The summed E-state index contributed by atoms with van der Waals surface area (Å²) < 4.78 is 40.5. The van der Waals surface area contributed by atoms with Gasteiger partial charge < -0.3 is 25.1 Å². The Kier molecular flexibility index (Phi) is 30.2. The van der Waals surface area contributed by atoms with Crippen molar-refractivity contribution in [2.45, 2.75) is 152 Å². The first-order chi connectivity index (χ1) is 56.2. The van der Waals surface area contributed by atoms with Crippen LogP contribution >= 0.6 is 0 Å². The Morgan fingerprint density at radius 3 is 0.658 bits per heavy atom. The van der Waals surface area contributed by atoms with Crippen LogP contribution < -0.4 is 20.4 Å². The average Bonchev–Trinajstić information content (AvgIpc) is 0.798. The summed E-state index contributed by atoms with van der Waals surface area (Å²) in [6.45, 7) is 20.0. The zero-order valence-corrected chi connectivity index (χ0v) is 72.2. The van der Waals surface area contributed by atoms with Crippen molar-refractivity contribution in [2.24, 2.45) is 0 Å². The molecule has 15 aromatic rings. The van der Waals surface area contributed by atoms with Gasteiger partial charge in [-0.1, -0.05) is 322 Å². The molecule has 0 bridgehead atoms. The quantitative estimate of drug-likeness (QED) is 0.0832. The van der Waals surface area contributed by atoms with E-state index in [1.54, 1.807) is 42.5 Å². The lowest BCUT2D eigenvalue weighted by molar-refractivity contribution is -0.273. The van der Waals surface area contributed by atoms with Gasteiger partial charge in [-0.05, 0) is 202 Å². The van der Waals surface area contributed by atoms with E-state index in [9.17, 15) is 33.2 Å². The first-order valence-corrected chi connectivity index (χ1v) is 46.3. The number of sulfonamides is 1. The van der Waals surface area contributed by atoms with E-state index >= 15 is 0 Å². The van der Waals surface area contributed by atoms with Crippen LogP contribution in [-0.4, -0.2) is 14.7 Å². The standard InChI is InChI=1S/C26H30OS.C22H22OS.C19H17NO2S2.C18H13FOS.C18H14OS/c1-25(2,3)19-11-15-21(16-12-19)28(24-10-8-7-9-23(24)27)22-17-13-20(14-18-22)26(4,5)6;1-22(2,3)17-13-15-19(16-14-17)24(18-9-5-4-6-10-18)21-12-8-7-11-20(21)23;1-24(21,22)20-18-14-8-9-15-19(18)23(16-10-4-2-5-11-16)17-12-6-3-7-13-17;19-14-11-12-18(17(20)13-14)21(15-7-3-1-4-8-15)16-9-5-2-6-10-16;19-17-13-7-8-14-18(17)20(15-9-3-1-4-10-15)16-11-5-2-6-12-16/h7-18H,1-6H3;4-16H,1-3H3;2-15H,1H3;1-13H;1-14H. The van der Waals surface area contributed by atoms with Crippen LogP contribution in [0.25, 0.3) is 4.72 Å². The lowest BCUT2D eigenvalue weighted by atomic mass is 9.87. The maximum atomic E-state index is 13.2. The molecule has 0 aliphatic carbocycles. The van der Waals surface area contributed by atoms with E-state index in [0.717, 1.165) is 51.5 Å². The highest BCUT2D eigenvalue weighted by molar-refractivity contribution is 7.98. The van der Waals surface area contributed by atoms with Gasteiger partial charge in [-0.2, -0.15) is 0 Å². The summed E-state index contributed by atoms with van der Waals surface area (Å²) in [6, 6.07) is 130. The van der Waals surface area contributed by atoms with Gasteiger partial charge in [-0.25, -0.2) is 12.8 Å². The molecule has 1 unspecified atom stereocenters. The van der Waals surface area contributed by atoms with Crippen molar-refractivity contribution in [3.63, 3.8) is 0 Å². The fourth-order valence-electron chi connectivity index (χ4n) is 12.5. The minimum Gasteiger partial charge on any atom is -0.869 e. The van der Waals surface area contributed by atoms with Gasteiger partial charge in [0.05, 0.1) is 64.5 Å². The van der Waals surface area contributed by atoms with Crippen molar-refractivity contribution in [2.75, 3.05) is 6.26 Å². The summed E-state index contributed by atoms with van der Waals surface area (Å²) in [4.78, 5) is 15.5. The van der Waals surface area contributed by atoms with Gasteiger partial charge in [0, 0.05) is 6.26 Å². The van der Waals surface area contributed by atoms with Crippen LogP contribution in [0.3, 0.4) is 0 Å². The predicted molar refractivity (Wildman–Crippen MR) is 479 cm³/mol. The van der Waals surface area contributed by atoms with E-state index in [1.807, 2.05) is 212 Å². The van der Waals surface area contributed by atoms with Crippen molar-refractivity contribution in [3.8, 4) is 23.0 Å². The Hall–Kier alpha value is -11.1. The molecule has 0 heterocycles. The molecule has 7 nitrogen and oxygen atoms in total. The second-order valence-electron chi connectivity index (χ2n) is 30.3. The predicted octanol–water partition coefficient (Wildman–Crippen LogP) is 24.2. The van der Waals surface area contributed by atoms with Crippen molar-refractivity contribution >= 4 is 70.2 Å². The maximum absolute atomic E-state index is 13.2. The Bertz CT molecular complexity index is 5530. The molecule has 592 valence electrons. The first-order valence-electron chi connectivity index (χ1n) is 38.4. The van der Waals surface area contributed by atoms with Crippen LogP contribution in [0.1, 0.15) is 79.0 Å². The molecule has 0 saturated carbocycles. The summed E-state index contributed by atoms with van der Waals surface area (Å²) in [5.41, 5.74) is 4.76. The SMILES string of the molecule is CC(C)(C)c1ccc([S+](c2ccc(C(C)(C)C)cc2)c2ccccc2[O-])cc1.CC(C)(C)c1ccc([S+](c2ccccc2)c2ccccc2[O-])cc1.CS(=O)(=O)[N-]c1ccccc1[S+](c1ccccc1)c1ccccc1.[O-]c1cc(F)ccc1[S+](c1ccccc1)c1ccccc1.[O-]c1ccccc1[S+](c1ccccc1)c1ccccc1. The zero-order valence-electron chi connectivity index (χ0n) is 67.3. The molecule has 0 saturated heterocycles. The second kappa shape index (κ2) is 40.7. The lowest BCUT2D eigenvalue weighted by Crippen LogP contribution is -2.13. The van der Waals surface area contributed by atoms with E-state index in [0.29, 0.717) is 10.6 Å². The van der Waals surface area contributed by atoms with Crippen LogP contribution in [0.15, 0.2) is 474 Å². The largest absolute Gasteiger partial charge is 0.869 e. The fraction of sp³-hybridized carbons (Fsp3) is 0.126. The van der Waals surface area contributed by atoms with E-state index in [1.165, 1.54) is 52.1 Å². The molecule has 15 aromatic carbocycles. The van der Waals surface area contributed by atoms with Crippen LogP contribution in [0, 0.1) is 5.82 Å². The molecule has 0 spiro atoms. The van der Waals surface area contributed by atoms with Crippen molar-refractivity contribution in [1.82, 2.24) is 0 Å².